The second-order valence-electron chi connectivity index (χ2n) is 5.12. The molecule has 0 aliphatic heterocycles. The molecule has 1 fully saturated rings. The number of hydrogen-bond acceptors (Lipinski definition) is 6. The van der Waals surface area contributed by atoms with Gasteiger partial charge in [0, 0.05) is 24.1 Å². The molecule has 1 atom stereocenters. The first kappa shape index (κ1) is 13.4. The zero-order valence-corrected chi connectivity index (χ0v) is 11.4. The van der Waals surface area contributed by atoms with E-state index in [9.17, 15) is 14.9 Å². The van der Waals surface area contributed by atoms with Crippen LogP contribution in [-0.2, 0) is 4.79 Å². The van der Waals surface area contributed by atoms with E-state index in [1.807, 2.05) is 6.92 Å². The molecule has 1 saturated carbocycles. The van der Waals surface area contributed by atoms with Crippen LogP contribution in [0.5, 0.6) is 0 Å². The van der Waals surface area contributed by atoms with Crippen LogP contribution in [0.3, 0.4) is 0 Å². The summed E-state index contributed by atoms with van der Waals surface area (Å²) in [5, 5.41) is 14.7. The number of hydrogen-bond donors (Lipinski definition) is 0. The summed E-state index contributed by atoms with van der Waals surface area (Å²) in [5.74, 6) is 0.371. The van der Waals surface area contributed by atoms with E-state index in [0.717, 1.165) is 12.0 Å². The van der Waals surface area contributed by atoms with E-state index < -0.39 is 4.92 Å². The number of nitro groups is 1. The second-order valence-corrected chi connectivity index (χ2v) is 5.12. The maximum atomic E-state index is 11.7. The number of benzene rings is 1. The number of nitro benzene ring substituents is 1. The van der Waals surface area contributed by atoms with Gasteiger partial charge in [-0.3, -0.25) is 14.9 Å². The van der Waals surface area contributed by atoms with Gasteiger partial charge in [0.05, 0.1) is 10.8 Å². The SMILES string of the molecule is Cc1ccc([N+](=O)[O-])cc1-c1noc(C2CCCC2=O)n1. The molecule has 0 amide bonds. The topological polar surface area (TPSA) is 99.1 Å². The fourth-order valence-electron chi connectivity index (χ4n) is 2.53. The number of carbonyl (C=O) groups is 1. The highest BCUT2D eigenvalue weighted by molar-refractivity contribution is 5.86. The van der Waals surface area contributed by atoms with Gasteiger partial charge in [0.25, 0.3) is 5.69 Å². The quantitative estimate of drug-likeness (QED) is 0.635. The van der Waals surface area contributed by atoms with Crippen molar-refractivity contribution >= 4 is 11.5 Å². The number of non-ortho nitro benzene ring substituents is 1. The van der Waals surface area contributed by atoms with Crippen LogP contribution >= 0.6 is 0 Å². The zero-order chi connectivity index (χ0) is 15.0. The third-order valence-electron chi connectivity index (χ3n) is 3.72. The van der Waals surface area contributed by atoms with Crippen LogP contribution < -0.4 is 0 Å². The highest BCUT2D eigenvalue weighted by Gasteiger charge is 2.31. The number of carbonyl (C=O) groups excluding carboxylic acids is 1. The van der Waals surface area contributed by atoms with Gasteiger partial charge in [-0.05, 0) is 25.3 Å². The molecule has 3 rings (SSSR count). The van der Waals surface area contributed by atoms with E-state index in [1.54, 1.807) is 6.07 Å². The predicted octanol–water partition coefficient (Wildman–Crippen LogP) is 2.79. The molecule has 21 heavy (non-hydrogen) atoms. The molecule has 0 radical (unpaired) electrons. The Hall–Kier alpha value is -2.57. The monoisotopic (exact) mass is 287 g/mol. The minimum atomic E-state index is -0.468. The van der Waals surface area contributed by atoms with Gasteiger partial charge in [-0.1, -0.05) is 11.2 Å². The van der Waals surface area contributed by atoms with Crippen molar-refractivity contribution in [1.29, 1.82) is 0 Å². The highest BCUT2D eigenvalue weighted by Crippen LogP contribution is 2.32. The molecule has 1 aromatic carbocycles. The predicted molar refractivity (Wildman–Crippen MR) is 72.7 cm³/mol. The van der Waals surface area contributed by atoms with Crippen molar-refractivity contribution in [3.8, 4) is 11.4 Å². The summed E-state index contributed by atoms with van der Waals surface area (Å²) in [6.07, 6.45) is 2.09. The van der Waals surface area contributed by atoms with Crippen molar-refractivity contribution < 1.29 is 14.2 Å². The number of Topliss-reactive ketones (excluding diaryl/α,β-unsaturated/α-hetero) is 1. The minimum Gasteiger partial charge on any atom is -0.338 e. The Bertz CT molecular complexity index is 723. The van der Waals surface area contributed by atoms with Gasteiger partial charge in [-0.2, -0.15) is 4.98 Å². The largest absolute Gasteiger partial charge is 0.338 e. The van der Waals surface area contributed by atoms with Crippen LogP contribution in [0.15, 0.2) is 22.7 Å². The summed E-state index contributed by atoms with van der Waals surface area (Å²) >= 11 is 0. The number of ketones is 1. The third kappa shape index (κ3) is 2.42. The minimum absolute atomic E-state index is 0.0288. The van der Waals surface area contributed by atoms with Crippen molar-refractivity contribution in [3.05, 3.63) is 39.8 Å². The molecule has 7 heteroatoms. The number of nitrogens with zero attached hydrogens (tertiary/aromatic N) is 3. The summed E-state index contributed by atoms with van der Waals surface area (Å²) in [6, 6.07) is 4.49. The average Bonchev–Trinajstić information content (AvgIpc) is 3.07. The van der Waals surface area contributed by atoms with Gasteiger partial charge in [0.1, 0.15) is 5.78 Å². The Labute approximate surface area is 120 Å². The average molecular weight is 287 g/mol. The summed E-state index contributed by atoms with van der Waals surface area (Å²) < 4.78 is 5.18. The number of rotatable bonds is 3. The van der Waals surface area contributed by atoms with Gasteiger partial charge in [-0.15, -0.1) is 0 Å². The van der Waals surface area contributed by atoms with Gasteiger partial charge in [0.15, 0.2) is 0 Å². The maximum Gasteiger partial charge on any atom is 0.270 e. The molecule has 1 aliphatic carbocycles. The van der Waals surface area contributed by atoms with Crippen molar-refractivity contribution in [1.82, 2.24) is 10.1 Å². The standard InChI is InChI=1S/C14H13N3O4/c1-8-5-6-9(17(19)20)7-11(8)13-15-14(21-16-13)10-3-2-4-12(10)18/h5-7,10H,2-4H2,1H3. The lowest BCUT2D eigenvalue weighted by molar-refractivity contribution is -0.384. The normalized spacial score (nSPS) is 18.1. The second kappa shape index (κ2) is 5.08. The lowest BCUT2D eigenvalue weighted by atomic mass is 10.1. The molecule has 2 aromatic rings. The van der Waals surface area contributed by atoms with Crippen LogP contribution in [0.2, 0.25) is 0 Å². The molecule has 0 bridgehead atoms. The van der Waals surface area contributed by atoms with Crippen LogP contribution in [-0.4, -0.2) is 20.8 Å². The summed E-state index contributed by atoms with van der Waals surface area (Å²) in [6.45, 7) is 1.82. The Morgan fingerprint density at radius 2 is 2.24 bits per heavy atom. The molecule has 1 aliphatic rings. The summed E-state index contributed by atoms with van der Waals surface area (Å²) in [5.41, 5.74) is 1.33. The molecule has 0 saturated heterocycles. The Balaban J connectivity index is 1.98. The molecular formula is C14H13N3O4. The smallest absolute Gasteiger partial charge is 0.270 e. The van der Waals surface area contributed by atoms with E-state index in [2.05, 4.69) is 10.1 Å². The van der Waals surface area contributed by atoms with Crippen molar-refractivity contribution in [2.24, 2.45) is 0 Å². The molecule has 0 spiro atoms. The fraction of sp³-hybridized carbons (Fsp3) is 0.357. The third-order valence-corrected chi connectivity index (χ3v) is 3.72. The maximum absolute atomic E-state index is 11.7. The first-order valence-corrected chi connectivity index (χ1v) is 6.68. The Morgan fingerprint density at radius 3 is 2.90 bits per heavy atom. The van der Waals surface area contributed by atoms with Crippen molar-refractivity contribution in [3.63, 3.8) is 0 Å². The molecule has 1 unspecified atom stereocenters. The van der Waals surface area contributed by atoms with Crippen molar-refractivity contribution in [2.75, 3.05) is 0 Å². The van der Waals surface area contributed by atoms with Crippen LogP contribution in [0.4, 0.5) is 5.69 Å². The first-order chi connectivity index (χ1) is 10.1. The lowest BCUT2D eigenvalue weighted by Gasteiger charge is -2.01. The Morgan fingerprint density at radius 1 is 1.43 bits per heavy atom. The first-order valence-electron chi connectivity index (χ1n) is 6.68. The molecule has 1 aromatic heterocycles. The van der Waals surface area contributed by atoms with Crippen LogP contribution in [0.1, 0.15) is 36.6 Å². The highest BCUT2D eigenvalue weighted by atomic mass is 16.6. The number of aromatic nitrogens is 2. The van der Waals surface area contributed by atoms with Gasteiger partial charge >= 0.3 is 0 Å². The van der Waals surface area contributed by atoms with E-state index in [4.69, 9.17) is 4.52 Å². The van der Waals surface area contributed by atoms with Crippen LogP contribution in [0, 0.1) is 17.0 Å². The van der Waals surface area contributed by atoms with E-state index in [0.29, 0.717) is 24.3 Å². The zero-order valence-electron chi connectivity index (χ0n) is 11.4. The van der Waals surface area contributed by atoms with E-state index in [1.165, 1.54) is 12.1 Å². The summed E-state index contributed by atoms with van der Waals surface area (Å²) in [7, 11) is 0. The van der Waals surface area contributed by atoms with Gasteiger partial charge in [0.2, 0.25) is 11.7 Å². The van der Waals surface area contributed by atoms with E-state index in [-0.39, 0.29) is 23.2 Å². The molecule has 0 N–H and O–H groups in total. The Kier molecular flexibility index (Phi) is 3.25. The lowest BCUT2D eigenvalue weighted by Crippen LogP contribution is -2.04. The summed E-state index contributed by atoms with van der Waals surface area (Å²) in [4.78, 5) is 26.3. The van der Waals surface area contributed by atoms with Gasteiger partial charge < -0.3 is 4.52 Å². The molecule has 7 nitrogen and oxygen atoms in total. The molecular weight excluding hydrogens is 274 g/mol. The van der Waals surface area contributed by atoms with Gasteiger partial charge in [-0.25, -0.2) is 0 Å². The van der Waals surface area contributed by atoms with Crippen LogP contribution in [0.25, 0.3) is 11.4 Å². The fourth-order valence-corrected chi connectivity index (χ4v) is 2.53. The molecule has 108 valence electrons. The van der Waals surface area contributed by atoms with Crippen molar-refractivity contribution in [2.45, 2.75) is 32.1 Å². The molecule has 1 heterocycles. The number of aryl methyl sites for hydroxylation is 1. The van der Waals surface area contributed by atoms with E-state index >= 15 is 0 Å².